The molecule has 0 saturated carbocycles. The van der Waals surface area contributed by atoms with Crippen LogP contribution in [0.1, 0.15) is 54.4 Å². The molecule has 182 valence electrons. The van der Waals surface area contributed by atoms with E-state index < -0.39 is 5.91 Å². The van der Waals surface area contributed by atoms with Gasteiger partial charge in [0.15, 0.2) is 11.6 Å². The molecule has 3 aromatic rings. The van der Waals surface area contributed by atoms with Crippen molar-refractivity contribution in [1.82, 2.24) is 24.6 Å². The number of aromatic nitrogens is 4. The number of amides is 1. The van der Waals surface area contributed by atoms with E-state index in [1.165, 1.54) is 68.6 Å². The Morgan fingerprint density at radius 1 is 1.14 bits per heavy atom. The summed E-state index contributed by atoms with van der Waals surface area (Å²) in [5.74, 6) is 0.359. The van der Waals surface area contributed by atoms with Gasteiger partial charge < -0.3 is 21.1 Å². The van der Waals surface area contributed by atoms with Crippen LogP contribution in [0.2, 0.25) is 0 Å². The fourth-order valence-corrected chi connectivity index (χ4v) is 4.14. The number of benzene rings is 1. The average molecular weight is 475 g/mol. The smallest absolute Gasteiger partial charge is 0.251 e. The Hall–Kier alpha value is -3.97. The van der Waals surface area contributed by atoms with Gasteiger partial charge in [-0.2, -0.15) is 10.4 Å². The van der Waals surface area contributed by atoms with E-state index in [2.05, 4.69) is 26.0 Å². The van der Waals surface area contributed by atoms with Crippen molar-refractivity contribution in [3.05, 3.63) is 47.9 Å². The molecule has 0 radical (unpaired) electrons. The number of ether oxygens (including phenoxy) is 1. The summed E-state index contributed by atoms with van der Waals surface area (Å²) in [5, 5.41) is 13.7. The van der Waals surface area contributed by atoms with Crippen LogP contribution in [0.25, 0.3) is 17.1 Å². The zero-order valence-corrected chi connectivity index (χ0v) is 19.7. The highest BCUT2D eigenvalue weighted by molar-refractivity contribution is 5.92. The van der Waals surface area contributed by atoms with Crippen molar-refractivity contribution in [3.8, 4) is 28.9 Å². The van der Waals surface area contributed by atoms with Crippen molar-refractivity contribution in [3.63, 3.8) is 0 Å². The van der Waals surface area contributed by atoms with Gasteiger partial charge in [0.1, 0.15) is 11.8 Å². The lowest BCUT2D eigenvalue weighted by molar-refractivity contribution is 0.100. The molecule has 1 aliphatic heterocycles. The summed E-state index contributed by atoms with van der Waals surface area (Å²) < 4.78 is 7.24. The molecular weight excluding hydrogens is 444 g/mol. The van der Waals surface area contributed by atoms with E-state index in [0.29, 0.717) is 29.2 Å². The van der Waals surface area contributed by atoms with E-state index in [-0.39, 0.29) is 17.2 Å². The number of hydrogen-bond acceptors (Lipinski definition) is 8. The van der Waals surface area contributed by atoms with Crippen molar-refractivity contribution in [2.75, 3.05) is 32.0 Å². The first-order valence-electron chi connectivity index (χ1n) is 11.9. The second kappa shape index (κ2) is 11.4. The topological polar surface area (TPSA) is 149 Å². The van der Waals surface area contributed by atoms with E-state index in [4.69, 9.17) is 16.2 Å². The number of nitrogens with two attached hydrogens (primary N) is 2. The lowest BCUT2D eigenvalue weighted by Gasteiger charge is -2.14. The normalized spacial score (nSPS) is 13.6. The third-order valence-corrected chi connectivity index (χ3v) is 6.09. The van der Waals surface area contributed by atoms with Crippen molar-refractivity contribution < 1.29 is 9.53 Å². The van der Waals surface area contributed by atoms with Gasteiger partial charge >= 0.3 is 0 Å². The highest BCUT2D eigenvalue weighted by Gasteiger charge is 2.14. The number of unbranched alkanes of at least 4 members (excludes halogenated alkanes) is 3. The monoisotopic (exact) mass is 474 g/mol. The lowest BCUT2D eigenvalue weighted by atomic mass is 10.1. The molecule has 3 heterocycles. The number of carbonyl (C=O) groups excluding carboxylic acids is 1. The largest absolute Gasteiger partial charge is 0.492 e. The molecule has 10 nitrogen and oxygen atoms in total. The standard InChI is InChI=1S/C25H30N8O2/c26-14-19-13-18(7-8-22(19)35-12-6-2-1-3-9-32-10-4-5-11-32)21-16-29-23(27)25(31-21)33-17-20(15-30-33)24(28)34/h7-8,13,15-17H,1-6,9-12H2,(H2,27,29)(H2,28,34). The van der Waals surface area contributed by atoms with Crippen LogP contribution in [-0.2, 0) is 0 Å². The Kier molecular flexibility index (Phi) is 7.90. The minimum absolute atomic E-state index is 0.147. The zero-order chi connectivity index (χ0) is 24.6. The molecule has 0 atom stereocenters. The Morgan fingerprint density at radius 3 is 2.69 bits per heavy atom. The molecule has 0 spiro atoms. The fraction of sp³-hybridized carbons (Fsp3) is 0.400. The number of nitrogen functional groups attached to an aromatic ring is 1. The summed E-state index contributed by atoms with van der Waals surface area (Å²) in [4.78, 5) is 22.6. The molecule has 2 aromatic heterocycles. The Morgan fingerprint density at radius 2 is 1.94 bits per heavy atom. The predicted octanol–water partition coefficient (Wildman–Crippen LogP) is 2.92. The highest BCUT2D eigenvalue weighted by Crippen LogP contribution is 2.27. The fourth-order valence-electron chi connectivity index (χ4n) is 4.14. The molecule has 10 heteroatoms. The third-order valence-electron chi connectivity index (χ3n) is 6.09. The molecule has 0 unspecified atom stereocenters. The van der Waals surface area contributed by atoms with Gasteiger partial charge in [0.25, 0.3) is 5.91 Å². The van der Waals surface area contributed by atoms with Gasteiger partial charge in [0.2, 0.25) is 0 Å². The zero-order valence-electron chi connectivity index (χ0n) is 19.7. The molecule has 1 aromatic carbocycles. The first-order valence-corrected chi connectivity index (χ1v) is 11.9. The van der Waals surface area contributed by atoms with Crippen LogP contribution in [-0.4, -0.2) is 56.8 Å². The molecule has 1 saturated heterocycles. The van der Waals surface area contributed by atoms with Crippen molar-refractivity contribution in [2.24, 2.45) is 5.73 Å². The molecular formula is C25H30N8O2. The summed E-state index contributed by atoms with van der Waals surface area (Å²) in [6, 6.07) is 7.52. The van der Waals surface area contributed by atoms with Gasteiger partial charge in [-0.3, -0.25) is 4.79 Å². The van der Waals surface area contributed by atoms with E-state index >= 15 is 0 Å². The van der Waals surface area contributed by atoms with Gasteiger partial charge in [-0.15, -0.1) is 0 Å². The predicted molar refractivity (Wildman–Crippen MR) is 132 cm³/mol. The van der Waals surface area contributed by atoms with Crippen molar-refractivity contribution in [2.45, 2.75) is 38.5 Å². The summed E-state index contributed by atoms with van der Waals surface area (Å²) in [6.07, 6.45) is 11.5. The van der Waals surface area contributed by atoms with Crippen LogP contribution in [0, 0.1) is 11.3 Å². The summed E-state index contributed by atoms with van der Waals surface area (Å²) in [5.41, 5.74) is 13.1. The second-order valence-electron chi connectivity index (χ2n) is 8.64. The molecule has 0 bridgehead atoms. The first-order chi connectivity index (χ1) is 17.0. The molecule has 35 heavy (non-hydrogen) atoms. The van der Waals surface area contributed by atoms with Crippen molar-refractivity contribution >= 4 is 11.7 Å². The van der Waals surface area contributed by atoms with E-state index in [0.717, 1.165) is 12.8 Å². The van der Waals surface area contributed by atoms with Crippen LogP contribution >= 0.6 is 0 Å². The Labute approximate surface area is 204 Å². The number of hydrogen-bond donors (Lipinski definition) is 2. The number of nitriles is 1. The maximum atomic E-state index is 11.4. The quantitative estimate of drug-likeness (QED) is 0.403. The maximum Gasteiger partial charge on any atom is 0.251 e. The van der Waals surface area contributed by atoms with Crippen LogP contribution in [0.5, 0.6) is 5.75 Å². The minimum Gasteiger partial charge on any atom is -0.492 e. The number of carbonyl (C=O) groups is 1. The van der Waals surface area contributed by atoms with Crippen LogP contribution in [0.3, 0.4) is 0 Å². The number of likely N-dealkylation sites (tertiary alicyclic amines) is 1. The van der Waals surface area contributed by atoms with Crippen LogP contribution < -0.4 is 16.2 Å². The van der Waals surface area contributed by atoms with Gasteiger partial charge in [-0.05, 0) is 63.5 Å². The molecule has 0 aliphatic carbocycles. The van der Waals surface area contributed by atoms with Crippen LogP contribution in [0.15, 0.2) is 36.8 Å². The summed E-state index contributed by atoms with van der Waals surface area (Å²) >= 11 is 0. The number of primary amides is 1. The summed E-state index contributed by atoms with van der Waals surface area (Å²) in [6.45, 7) is 4.27. The SMILES string of the molecule is N#Cc1cc(-c2cnc(N)c(-n3cc(C(N)=O)cn3)n2)ccc1OCCCCCCN1CCCC1. The second-order valence-corrected chi connectivity index (χ2v) is 8.64. The highest BCUT2D eigenvalue weighted by atomic mass is 16.5. The number of nitrogens with zero attached hydrogens (tertiary/aromatic N) is 6. The van der Waals surface area contributed by atoms with E-state index in [1.54, 1.807) is 12.1 Å². The molecule has 1 fully saturated rings. The van der Waals surface area contributed by atoms with Gasteiger partial charge in [-0.1, -0.05) is 12.8 Å². The van der Waals surface area contributed by atoms with Gasteiger partial charge in [-0.25, -0.2) is 14.6 Å². The van der Waals surface area contributed by atoms with Crippen LogP contribution in [0.4, 0.5) is 5.82 Å². The number of anilines is 1. The average Bonchev–Trinajstić information content (AvgIpc) is 3.56. The Bertz CT molecular complexity index is 1210. The Balaban J connectivity index is 1.36. The summed E-state index contributed by atoms with van der Waals surface area (Å²) in [7, 11) is 0. The van der Waals surface area contributed by atoms with Gasteiger partial charge in [0.05, 0.1) is 35.8 Å². The first kappa shape index (κ1) is 24.2. The van der Waals surface area contributed by atoms with Gasteiger partial charge in [0, 0.05) is 11.8 Å². The third kappa shape index (κ3) is 6.13. The molecule has 1 amide bonds. The molecule has 4 N–H and O–H groups in total. The molecule has 1 aliphatic rings. The van der Waals surface area contributed by atoms with Crippen molar-refractivity contribution in [1.29, 1.82) is 5.26 Å². The van der Waals surface area contributed by atoms with E-state index in [1.807, 2.05) is 6.07 Å². The lowest BCUT2D eigenvalue weighted by Crippen LogP contribution is -2.20. The minimum atomic E-state index is -0.602. The maximum absolute atomic E-state index is 11.4. The molecule has 4 rings (SSSR count). The number of rotatable bonds is 11. The van der Waals surface area contributed by atoms with E-state index in [9.17, 15) is 10.1 Å².